The number of nitrogens with zero attached hydrogens (tertiary/aromatic N) is 1. The molecule has 0 bridgehead atoms. The quantitative estimate of drug-likeness (QED) is 0.810. The molecule has 1 saturated heterocycles. The summed E-state index contributed by atoms with van der Waals surface area (Å²) < 4.78 is 0. The van der Waals surface area contributed by atoms with Crippen LogP contribution in [0.2, 0.25) is 0 Å². The van der Waals surface area contributed by atoms with Crippen molar-refractivity contribution in [3.8, 4) is 0 Å². The van der Waals surface area contributed by atoms with E-state index >= 15 is 0 Å². The van der Waals surface area contributed by atoms with Crippen LogP contribution in [0.1, 0.15) is 35.1 Å². The summed E-state index contributed by atoms with van der Waals surface area (Å²) in [6.45, 7) is 10.3. The minimum Gasteiger partial charge on any atom is -0.338 e. The van der Waals surface area contributed by atoms with Crippen LogP contribution in [0.3, 0.4) is 0 Å². The fourth-order valence-corrected chi connectivity index (χ4v) is 3.68. The number of benzene rings is 2. The Labute approximate surface area is 163 Å². The second-order valence-electron chi connectivity index (χ2n) is 7.80. The van der Waals surface area contributed by atoms with Gasteiger partial charge >= 0.3 is 6.03 Å². The largest absolute Gasteiger partial charge is 0.338 e. The molecule has 0 aromatic heterocycles. The van der Waals surface area contributed by atoms with Gasteiger partial charge in [0.1, 0.15) is 0 Å². The summed E-state index contributed by atoms with van der Waals surface area (Å²) in [6.07, 6.45) is 2.27. The zero-order valence-corrected chi connectivity index (χ0v) is 16.7. The first-order valence-electron chi connectivity index (χ1n) is 9.90. The van der Waals surface area contributed by atoms with Crippen LogP contribution in [-0.2, 0) is 6.54 Å². The van der Waals surface area contributed by atoms with Crippen molar-refractivity contribution >= 4 is 11.7 Å². The Bertz CT molecular complexity index is 779. The minimum atomic E-state index is -0.109. The van der Waals surface area contributed by atoms with E-state index in [1.807, 2.05) is 31.2 Å². The number of carbonyl (C=O) groups excluding carboxylic acids is 1. The second kappa shape index (κ2) is 9.05. The summed E-state index contributed by atoms with van der Waals surface area (Å²) in [5, 5.41) is 5.98. The van der Waals surface area contributed by atoms with Crippen molar-refractivity contribution in [3.05, 3.63) is 64.7 Å². The molecule has 0 spiro atoms. The molecule has 1 aliphatic rings. The molecule has 3 rings (SSSR count). The Morgan fingerprint density at radius 2 is 1.78 bits per heavy atom. The Morgan fingerprint density at radius 1 is 1.04 bits per heavy atom. The molecular weight excluding hydrogens is 334 g/mol. The molecule has 144 valence electrons. The average molecular weight is 366 g/mol. The maximum absolute atomic E-state index is 12.1. The number of rotatable bonds is 5. The van der Waals surface area contributed by atoms with Gasteiger partial charge in [-0.3, -0.25) is 4.90 Å². The van der Waals surface area contributed by atoms with Gasteiger partial charge in [-0.05, 0) is 75.4 Å². The molecule has 1 fully saturated rings. The van der Waals surface area contributed by atoms with E-state index in [0.29, 0.717) is 5.92 Å². The summed E-state index contributed by atoms with van der Waals surface area (Å²) in [5.74, 6) is 0.558. The third-order valence-electron chi connectivity index (χ3n) is 5.55. The van der Waals surface area contributed by atoms with Gasteiger partial charge in [-0.1, -0.05) is 42.0 Å². The van der Waals surface area contributed by atoms with Crippen molar-refractivity contribution in [2.24, 2.45) is 5.92 Å². The van der Waals surface area contributed by atoms with Crippen molar-refractivity contribution in [1.82, 2.24) is 10.2 Å². The molecule has 0 atom stereocenters. The zero-order valence-electron chi connectivity index (χ0n) is 16.7. The van der Waals surface area contributed by atoms with E-state index in [1.165, 1.54) is 16.7 Å². The minimum absolute atomic E-state index is 0.109. The number of para-hydroxylation sites is 1. The highest BCUT2D eigenvalue weighted by molar-refractivity contribution is 5.89. The highest BCUT2D eigenvalue weighted by atomic mass is 16.2. The van der Waals surface area contributed by atoms with Gasteiger partial charge in [0.25, 0.3) is 0 Å². The molecular formula is C23H31N3O. The van der Waals surface area contributed by atoms with Crippen molar-refractivity contribution < 1.29 is 4.79 Å². The molecule has 4 nitrogen and oxygen atoms in total. The van der Waals surface area contributed by atoms with Crippen molar-refractivity contribution in [3.63, 3.8) is 0 Å². The van der Waals surface area contributed by atoms with Gasteiger partial charge in [-0.25, -0.2) is 4.79 Å². The van der Waals surface area contributed by atoms with E-state index in [-0.39, 0.29) is 6.03 Å². The van der Waals surface area contributed by atoms with Gasteiger partial charge in [0, 0.05) is 18.8 Å². The smallest absolute Gasteiger partial charge is 0.319 e. The van der Waals surface area contributed by atoms with Gasteiger partial charge in [0.15, 0.2) is 0 Å². The van der Waals surface area contributed by atoms with E-state index in [1.54, 1.807) is 0 Å². The maximum Gasteiger partial charge on any atom is 0.319 e. The van der Waals surface area contributed by atoms with Crippen LogP contribution in [0.25, 0.3) is 0 Å². The van der Waals surface area contributed by atoms with Crippen LogP contribution in [0.5, 0.6) is 0 Å². The average Bonchev–Trinajstić information content (AvgIpc) is 2.66. The van der Waals surface area contributed by atoms with Crippen LogP contribution in [0, 0.1) is 26.7 Å². The summed E-state index contributed by atoms with van der Waals surface area (Å²) in [6, 6.07) is 14.4. The highest BCUT2D eigenvalue weighted by Crippen LogP contribution is 2.20. The Hall–Kier alpha value is -2.33. The predicted octanol–water partition coefficient (Wildman–Crippen LogP) is 4.65. The number of aryl methyl sites for hydroxylation is 3. The number of likely N-dealkylation sites (tertiary alicyclic amines) is 1. The first-order chi connectivity index (χ1) is 13.0. The van der Waals surface area contributed by atoms with Crippen LogP contribution < -0.4 is 10.6 Å². The number of urea groups is 1. The summed E-state index contributed by atoms with van der Waals surface area (Å²) in [7, 11) is 0. The number of hydrogen-bond acceptors (Lipinski definition) is 2. The molecule has 0 saturated carbocycles. The molecule has 2 amide bonds. The number of nitrogens with one attached hydrogen (secondary N) is 2. The number of hydrogen-bond donors (Lipinski definition) is 2. The number of carbonyl (C=O) groups is 1. The van der Waals surface area contributed by atoms with Crippen molar-refractivity contribution in [2.45, 2.75) is 40.2 Å². The Kier molecular flexibility index (Phi) is 6.51. The van der Waals surface area contributed by atoms with Crippen LogP contribution in [0.15, 0.2) is 42.5 Å². The van der Waals surface area contributed by atoms with E-state index in [0.717, 1.165) is 50.3 Å². The lowest BCUT2D eigenvalue weighted by Gasteiger charge is -2.32. The fraction of sp³-hybridized carbons (Fsp3) is 0.435. The Morgan fingerprint density at radius 3 is 2.52 bits per heavy atom. The van der Waals surface area contributed by atoms with Gasteiger partial charge in [0.2, 0.25) is 0 Å². The second-order valence-corrected chi connectivity index (χ2v) is 7.80. The molecule has 0 radical (unpaired) electrons. The number of amides is 2. The molecule has 1 aliphatic heterocycles. The number of anilines is 1. The van der Waals surface area contributed by atoms with E-state index < -0.39 is 0 Å². The van der Waals surface area contributed by atoms with Crippen LogP contribution >= 0.6 is 0 Å². The molecule has 27 heavy (non-hydrogen) atoms. The summed E-state index contributed by atoms with van der Waals surface area (Å²) in [5.41, 5.74) is 6.08. The molecule has 2 aromatic carbocycles. The Balaban J connectivity index is 1.41. The van der Waals surface area contributed by atoms with Gasteiger partial charge in [0.05, 0.1) is 0 Å². The summed E-state index contributed by atoms with van der Waals surface area (Å²) >= 11 is 0. The van der Waals surface area contributed by atoms with Gasteiger partial charge < -0.3 is 10.6 Å². The maximum atomic E-state index is 12.1. The van der Waals surface area contributed by atoms with E-state index in [4.69, 9.17) is 0 Å². The predicted molar refractivity (Wildman–Crippen MR) is 112 cm³/mol. The topological polar surface area (TPSA) is 44.4 Å². The fourth-order valence-electron chi connectivity index (χ4n) is 3.68. The lowest BCUT2D eigenvalue weighted by Crippen LogP contribution is -2.39. The van der Waals surface area contributed by atoms with Crippen LogP contribution in [-0.4, -0.2) is 30.6 Å². The third kappa shape index (κ3) is 5.57. The van der Waals surface area contributed by atoms with Crippen molar-refractivity contribution in [2.75, 3.05) is 25.0 Å². The molecule has 4 heteroatoms. The molecule has 0 unspecified atom stereocenters. The number of piperidine rings is 1. The first-order valence-corrected chi connectivity index (χ1v) is 9.90. The summed E-state index contributed by atoms with van der Waals surface area (Å²) in [4.78, 5) is 14.7. The van der Waals surface area contributed by atoms with E-state index in [2.05, 4.69) is 47.6 Å². The molecule has 2 N–H and O–H groups in total. The first kappa shape index (κ1) is 19.4. The standard InChI is InChI=1S/C23H31N3O/c1-17-8-9-18(2)21(14-17)16-26-12-10-20(11-13-26)15-24-23(27)25-22-7-5-4-6-19(22)3/h4-9,14,20H,10-13,15-16H2,1-3H3,(H2,24,25,27). The van der Waals surface area contributed by atoms with Gasteiger partial charge in [-0.15, -0.1) is 0 Å². The molecule has 2 aromatic rings. The van der Waals surface area contributed by atoms with Gasteiger partial charge in [-0.2, -0.15) is 0 Å². The van der Waals surface area contributed by atoms with E-state index in [9.17, 15) is 4.79 Å². The molecule has 1 heterocycles. The monoisotopic (exact) mass is 365 g/mol. The van der Waals surface area contributed by atoms with Crippen LogP contribution in [0.4, 0.5) is 10.5 Å². The highest BCUT2D eigenvalue weighted by Gasteiger charge is 2.20. The lowest BCUT2D eigenvalue weighted by atomic mass is 9.96. The third-order valence-corrected chi connectivity index (χ3v) is 5.55. The van der Waals surface area contributed by atoms with Crippen molar-refractivity contribution in [1.29, 1.82) is 0 Å². The normalized spacial score (nSPS) is 15.5. The SMILES string of the molecule is Cc1ccc(C)c(CN2CCC(CNC(=O)Nc3ccccc3C)CC2)c1. The zero-order chi connectivity index (χ0) is 19.2. The lowest BCUT2D eigenvalue weighted by molar-refractivity contribution is 0.175. The molecule has 0 aliphatic carbocycles.